The second-order valence-electron chi connectivity index (χ2n) is 0.565. The maximum Gasteiger partial charge on any atom is 1.00 e. The Labute approximate surface area is 107 Å². The molecular weight excluding hydrogens is 183 g/mol. The SMILES string of the molecule is C=C.O=C(O)O.O=C(O)O.[H-].[K+]. The Morgan fingerprint density at radius 1 is 0.909 bits per heavy atom. The van der Waals surface area contributed by atoms with E-state index in [4.69, 9.17) is 30.0 Å². The van der Waals surface area contributed by atoms with Crippen LogP contribution in [0.3, 0.4) is 0 Å². The minimum Gasteiger partial charge on any atom is -1.00 e. The fourth-order valence-corrected chi connectivity index (χ4v) is 0. The Morgan fingerprint density at radius 3 is 0.909 bits per heavy atom. The summed E-state index contributed by atoms with van der Waals surface area (Å²) in [6.07, 6.45) is -3.67. The van der Waals surface area contributed by atoms with Crippen LogP contribution >= 0.6 is 0 Å². The first-order chi connectivity index (χ1) is 4.46. The predicted octanol–water partition coefficient (Wildman–Crippen LogP) is -1.64. The van der Waals surface area contributed by atoms with Gasteiger partial charge in [0.2, 0.25) is 0 Å². The summed E-state index contributed by atoms with van der Waals surface area (Å²) in [6.45, 7) is 6.00. The van der Waals surface area contributed by atoms with Crippen LogP contribution in [0.1, 0.15) is 1.43 Å². The van der Waals surface area contributed by atoms with Crippen molar-refractivity contribution in [1.29, 1.82) is 0 Å². The van der Waals surface area contributed by atoms with E-state index in [9.17, 15) is 0 Å². The molecule has 0 aromatic heterocycles. The van der Waals surface area contributed by atoms with Crippen LogP contribution in [0, 0.1) is 0 Å². The number of carboxylic acid groups (broad SMARTS) is 4. The molecule has 0 aliphatic heterocycles. The van der Waals surface area contributed by atoms with Gasteiger partial charge >= 0.3 is 63.7 Å². The number of hydrogen-bond acceptors (Lipinski definition) is 2. The second-order valence-corrected chi connectivity index (χ2v) is 0.565. The number of rotatable bonds is 0. The molecule has 0 bridgehead atoms. The van der Waals surface area contributed by atoms with Gasteiger partial charge in [-0.1, -0.05) is 0 Å². The molecule has 62 valence electrons. The molecule has 0 heterocycles. The Bertz CT molecular complexity index is 87.7. The topological polar surface area (TPSA) is 115 Å². The van der Waals surface area contributed by atoms with Crippen molar-refractivity contribution in [3.8, 4) is 0 Å². The van der Waals surface area contributed by atoms with E-state index in [1.165, 1.54) is 0 Å². The summed E-state index contributed by atoms with van der Waals surface area (Å²) in [7, 11) is 0. The standard InChI is InChI=1S/C2H4.2CH2O3.K.H/c1-2;2*2-1(3)4;;/h1-2H2;2*(H2,2,3,4);;/q;;;+1;-1. The van der Waals surface area contributed by atoms with Crippen molar-refractivity contribution in [1.82, 2.24) is 0 Å². The van der Waals surface area contributed by atoms with E-state index in [1.807, 2.05) is 0 Å². The molecule has 0 aromatic rings. The van der Waals surface area contributed by atoms with Crippen molar-refractivity contribution in [2.45, 2.75) is 0 Å². The van der Waals surface area contributed by atoms with Crippen LogP contribution in [0.2, 0.25) is 0 Å². The fourth-order valence-electron chi connectivity index (χ4n) is 0. The average Bonchev–Trinajstić information content (AvgIpc) is 1.66. The molecule has 0 atom stereocenters. The van der Waals surface area contributed by atoms with Crippen molar-refractivity contribution >= 4 is 12.3 Å². The molecule has 0 rings (SSSR count). The normalized spacial score (nSPS) is 4.73. The smallest absolute Gasteiger partial charge is 1.00 e. The monoisotopic (exact) mass is 192 g/mol. The summed E-state index contributed by atoms with van der Waals surface area (Å²) < 4.78 is 0. The van der Waals surface area contributed by atoms with Crippen LogP contribution in [0.25, 0.3) is 0 Å². The quantitative estimate of drug-likeness (QED) is 0.270. The Kier molecular flexibility index (Phi) is 45.9. The van der Waals surface area contributed by atoms with E-state index in [1.54, 1.807) is 0 Å². The zero-order valence-corrected chi connectivity index (χ0v) is 9.14. The van der Waals surface area contributed by atoms with Gasteiger partial charge in [-0.3, -0.25) is 0 Å². The molecule has 0 amide bonds. The molecule has 0 radical (unpaired) electrons. The Balaban J connectivity index is -0.0000000198. The van der Waals surface area contributed by atoms with Gasteiger partial charge < -0.3 is 21.9 Å². The van der Waals surface area contributed by atoms with E-state index >= 15 is 0 Å². The van der Waals surface area contributed by atoms with E-state index in [-0.39, 0.29) is 52.8 Å². The second kappa shape index (κ2) is 22.5. The van der Waals surface area contributed by atoms with Crippen LogP contribution < -0.4 is 51.4 Å². The van der Waals surface area contributed by atoms with Crippen molar-refractivity contribution in [2.75, 3.05) is 0 Å². The molecule has 0 aromatic carbocycles. The fraction of sp³-hybridized carbons (Fsp3) is 0. The largest absolute Gasteiger partial charge is 1.00 e. The summed E-state index contributed by atoms with van der Waals surface area (Å²) >= 11 is 0. The molecule has 0 spiro atoms. The molecule has 0 saturated carbocycles. The van der Waals surface area contributed by atoms with E-state index in [0.29, 0.717) is 0 Å². The van der Waals surface area contributed by atoms with Gasteiger partial charge in [-0.15, -0.1) is 13.2 Å². The van der Waals surface area contributed by atoms with Gasteiger partial charge in [0.25, 0.3) is 0 Å². The van der Waals surface area contributed by atoms with E-state index in [2.05, 4.69) is 13.2 Å². The summed E-state index contributed by atoms with van der Waals surface area (Å²) in [5.74, 6) is 0. The molecule has 6 nitrogen and oxygen atoms in total. The maximum atomic E-state index is 8.56. The summed E-state index contributed by atoms with van der Waals surface area (Å²) in [4.78, 5) is 17.1. The van der Waals surface area contributed by atoms with Crippen molar-refractivity contribution in [3.63, 3.8) is 0 Å². The number of carbonyl (C=O) groups is 2. The predicted molar refractivity (Wildman–Crippen MR) is 33.7 cm³/mol. The molecule has 0 unspecified atom stereocenters. The van der Waals surface area contributed by atoms with Crippen LogP contribution in [0.15, 0.2) is 13.2 Å². The van der Waals surface area contributed by atoms with Gasteiger partial charge in [-0.25, -0.2) is 9.59 Å². The Hall–Kier alpha value is -0.0836. The zero-order chi connectivity index (χ0) is 9.15. The van der Waals surface area contributed by atoms with Gasteiger partial charge in [0.1, 0.15) is 0 Å². The summed E-state index contributed by atoms with van der Waals surface area (Å²) in [5, 5.41) is 27.9. The zero-order valence-electron chi connectivity index (χ0n) is 7.02. The van der Waals surface area contributed by atoms with E-state index in [0.717, 1.165) is 0 Å². The van der Waals surface area contributed by atoms with Gasteiger partial charge in [0.15, 0.2) is 0 Å². The molecular formula is C4H9KO6. The molecule has 0 fully saturated rings. The molecule has 0 aliphatic rings. The third-order valence-electron chi connectivity index (χ3n) is 0. The van der Waals surface area contributed by atoms with Gasteiger partial charge in [-0.05, 0) is 0 Å². The molecule has 7 heteroatoms. The first kappa shape index (κ1) is 22.4. The minimum absolute atomic E-state index is 0. The van der Waals surface area contributed by atoms with Crippen LogP contribution in [0.5, 0.6) is 0 Å². The minimum atomic E-state index is -1.83. The summed E-state index contributed by atoms with van der Waals surface area (Å²) in [6, 6.07) is 0. The van der Waals surface area contributed by atoms with Gasteiger partial charge in [0.05, 0.1) is 0 Å². The van der Waals surface area contributed by atoms with Crippen LogP contribution in [-0.4, -0.2) is 32.7 Å². The third kappa shape index (κ3) is 88800. The summed E-state index contributed by atoms with van der Waals surface area (Å²) in [5.41, 5.74) is 0. The van der Waals surface area contributed by atoms with Crippen molar-refractivity contribution < 1.29 is 82.8 Å². The average molecular weight is 192 g/mol. The Morgan fingerprint density at radius 2 is 0.909 bits per heavy atom. The van der Waals surface area contributed by atoms with Crippen LogP contribution in [-0.2, 0) is 0 Å². The molecule has 0 saturated heterocycles. The first-order valence-electron chi connectivity index (χ1n) is 1.80. The molecule has 11 heavy (non-hydrogen) atoms. The van der Waals surface area contributed by atoms with Crippen molar-refractivity contribution in [3.05, 3.63) is 13.2 Å². The van der Waals surface area contributed by atoms with Crippen LogP contribution in [0.4, 0.5) is 9.59 Å². The first-order valence-corrected chi connectivity index (χ1v) is 1.80. The molecule has 4 N–H and O–H groups in total. The molecule has 0 aliphatic carbocycles. The number of hydrogen-bond donors (Lipinski definition) is 4. The third-order valence-corrected chi connectivity index (χ3v) is 0. The van der Waals surface area contributed by atoms with Crippen molar-refractivity contribution in [2.24, 2.45) is 0 Å². The van der Waals surface area contributed by atoms with Gasteiger partial charge in [-0.2, -0.15) is 0 Å². The van der Waals surface area contributed by atoms with Gasteiger partial charge in [0, 0.05) is 0 Å². The van der Waals surface area contributed by atoms with E-state index < -0.39 is 12.3 Å². The maximum absolute atomic E-state index is 8.56.